The molecule has 4 saturated carbocycles. The minimum absolute atomic E-state index is 0.00545. The Morgan fingerprint density at radius 3 is 2.62 bits per heavy atom. The molecule has 0 aromatic rings. The van der Waals surface area contributed by atoms with Crippen molar-refractivity contribution in [1.82, 2.24) is 0 Å². The Balaban J connectivity index is 1.62. The number of carbonyl (C=O) groups is 2. The lowest BCUT2D eigenvalue weighted by Crippen LogP contribution is -2.44. The highest BCUT2D eigenvalue weighted by Crippen LogP contribution is 2.60. The van der Waals surface area contributed by atoms with Gasteiger partial charge >= 0.3 is 0 Å². The summed E-state index contributed by atoms with van der Waals surface area (Å²) < 4.78 is 0. The molecular weight excluding hydrogens is 260 g/mol. The standard InChI is InChI=1S/C19H28O2/c1-19-10-9-15-14-6-5-13(20)11-12(14)3-2-4-16(15)17(19)7-8-18(19)21/h12,14-17H,2-11H2,1H3/t12-,14-,15+,16+,17-,19-/m0/s1. The fraction of sp³-hybridized carbons (Fsp3) is 0.895. The molecule has 0 spiro atoms. The van der Waals surface area contributed by atoms with Crippen LogP contribution >= 0.6 is 0 Å². The molecule has 116 valence electrons. The number of hydrogen-bond donors (Lipinski definition) is 0. The maximum atomic E-state index is 12.4. The van der Waals surface area contributed by atoms with E-state index in [1.807, 2.05) is 0 Å². The summed E-state index contributed by atoms with van der Waals surface area (Å²) >= 11 is 0. The molecular formula is C19H28O2. The molecule has 6 atom stereocenters. The summed E-state index contributed by atoms with van der Waals surface area (Å²) in [6.45, 7) is 2.26. The van der Waals surface area contributed by atoms with E-state index in [2.05, 4.69) is 6.92 Å². The van der Waals surface area contributed by atoms with Crippen molar-refractivity contribution in [2.24, 2.45) is 35.0 Å². The Kier molecular flexibility index (Phi) is 3.28. The van der Waals surface area contributed by atoms with E-state index < -0.39 is 0 Å². The number of ketones is 2. The van der Waals surface area contributed by atoms with Gasteiger partial charge in [0.1, 0.15) is 11.6 Å². The minimum Gasteiger partial charge on any atom is -0.300 e. The van der Waals surface area contributed by atoms with Crippen molar-refractivity contribution in [3.8, 4) is 0 Å². The highest BCUT2D eigenvalue weighted by Gasteiger charge is 2.55. The normalized spacial score (nSPS) is 50.0. The van der Waals surface area contributed by atoms with E-state index in [9.17, 15) is 9.59 Å². The van der Waals surface area contributed by atoms with Crippen molar-refractivity contribution in [3.05, 3.63) is 0 Å². The van der Waals surface area contributed by atoms with Gasteiger partial charge < -0.3 is 0 Å². The van der Waals surface area contributed by atoms with Crippen molar-refractivity contribution in [1.29, 1.82) is 0 Å². The van der Waals surface area contributed by atoms with Crippen LogP contribution in [0.4, 0.5) is 0 Å². The zero-order chi connectivity index (χ0) is 14.6. The summed E-state index contributed by atoms with van der Waals surface area (Å²) in [5.74, 6) is 4.75. The third-order valence-electron chi connectivity index (χ3n) is 7.72. The van der Waals surface area contributed by atoms with Crippen LogP contribution in [-0.2, 0) is 9.59 Å². The molecule has 0 radical (unpaired) electrons. The van der Waals surface area contributed by atoms with Gasteiger partial charge in [0, 0.05) is 24.7 Å². The monoisotopic (exact) mass is 288 g/mol. The van der Waals surface area contributed by atoms with Gasteiger partial charge in [0.2, 0.25) is 0 Å². The summed E-state index contributed by atoms with van der Waals surface area (Å²) in [4.78, 5) is 24.2. The first-order valence-electron chi connectivity index (χ1n) is 9.14. The average molecular weight is 288 g/mol. The second-order valence-electron chi connectivity index (χ2n) is 8.49. The summed E-state index contributed by atoms with van der Waals surface area (Å²) in [6.07, 6.45) is 11.0. The minimum atomic E-state index is 0.00545. The number of fused-ring (bicyclic) bond motifs is 5. The van der Waals surface area contributed by atoms with Crippen molar-refractivity contribution < 1.29 is 9.59 Å². The number of rotatable bonds is 0. The second kappa shape index (κ2) is 4.93. The number of carbonyl (C=O) groups excluding carboxylic acids is 2. The first-order valence-corrected chi connectivity index (χ1v) is 9.14. The van der Waals surface area contributed by atoms with Crippen molar-refractivity contribution in [3.63, 3.8) is 0 Å². The molecule has 0 heterocycles. The molecule has 4 fully saturated rings. The zero-order valence-electron chi connectivity index (χ0n) is 13.3. The smallest absolute Gasteiger partial charge is 0.139 e. The Labute approximate surface area is 128 Å². The second-order valence-corrected chi connectivity index (χ2v) is 8.49. The van der Waals surface area contributed by atoms with Gasteiger partial charge in [0.05, 0.1) is 0 Å². The van der Waals surface area contributed by atoms with Crippen molar-refractivity contribution in [2.45, 2.75) is 71.1 Å². The van der Waals surface area contributed by atoms with Crippen LogP contribution in [0.1, 0.15) is 71.1 Å². The van der Waals surface area contributed by atoms with Crippen LogP contribution in [0, 0.1) is 35.0 Å². The van der Waals surface area contributed by atoms with Crippen LogP contribution in [0.2, 0.25) is 0 Å². The topological polar surface area (TPSA) is 34.1 Å². The van der Waals surface area contributed by atoms with Crippen LogP contribution in [0.15, 0.2) is 0 Å². The largest absolute Gasteiger partial charge is 0.300 e. The van der Waals surface area contributed by atoms with Crippen LogP contribution in [0.3, 0.4) is 0 Å². The third kappa shape index (κ3) is 2.04. The predicted octanol–water partition coefficient (Wildman–Crippen LogP) is 4.17. The summed E-state index contributed by atoms with van der Waals surface area (Å²) in [6, 6.07) is 0. The highest BCUT2D eigenvalue weighted by atomic mass is 16.1. The molecule has 4 rings (SSSR count). The zero-order valence-corrected chi connectivity index (χ0v) is 13.3. The van der Waals surface area contributed by atoms with E-state index in [0.29, 0.717) is 23.4 Å². The summed E-state index contributed by atoms with van der Waals surface area (Å²) in [7, 11) is 0. The maximum absolute atomic E-state index is 12.4. The van der Waals surface area contributed by atoms with E-state index in [1.54, 1.807) is 0 Å². The quantitative estimate of drug-likeness (QED) is 0.670. The van der Waals surface area contributed by atoms with Crippen LogP contribution < -0.4 is 0 Å². The Morgan fingerprint density at radius 2 is 1.76 bits per heavy atom. The van der Waals surface area contributed by atoms with Gasteiger partial charge in [-0.15, -0.1) is 0 Å². The van der Waals surface area contributed by atoms with Gasteiger partial charge in [0.25, 0.3) is 0 Å². The number of Topliss-reactive ketones (excluding diaryl/α,β-unsaturated/α-hetero) is 2. The van der Waals surface area contributed by atoms with Crippen molar-refractivity contribution >= 4 is 11.6 Å². The summed E-state index contributed by atoms with van der Waals surface area (Å²) in [5, 5.41) is 0. The Bertz CT molecular complexity index is 468. The number of hydrogen-bond acceptors (Lipinski definition) is 2. The first kappa shape index (κ1) is 14.0. The fourth-order valence-corrected chi connectivity index (χ4v) is 6.64. The van der Waals surface area contributed by atoms with Crippen molar-refractivity contribution in [2.75, 3.05) is 0 Å². The highest BCUT2D eigenvalue weighted by molar-refractivity contribution is 5.87. The van der Waals surface area contributed by atoms with Gasteiger partial charge in [0.15, 0.2) is 0 Å². The van der Waals surface area contributed by atoms with E-state index in [-0.39, 0.29) is 5.41 Å². The predicted molar refractivity (Wildman–Crippen MR) is 81.7 cm³/mol. The van der Waals surface area contributed by atoms with Crippen LogP contribution in [0.5, 0.6) is 0 Å². The summed E-state index contributed by atoms with van der Waals surface area (Å²) in [5.41, 5.74) is 0.00545. The fourth-order valence-electron chi connectivity index (χ4n) is 6.64. The third-order valence-corrected chi connectivity index (χ3v) is 7.72. The molecule has 0 N–H and O–H groups in total. The van der Waals surface area contributed by atoms with Gasteiger partial charge in [-0.2, -0.15) is 0 Å². The van der Waals surface area contributed by atoms with E-state index in [0.717, 1.165) is 56.3 Å². The molecule has 2 nitrogen and oxygen atoms in total. The first-order chi connectivity index (χ1) is 10.1. The SMILES string of the molecule is C[C@]12CC[C@H]3[C@@H](CCC[C@H]4CC(=O)CC[C@@H]43)[C@@H]1CCC2=O. The van der Waals surface area contributed by atoms with E-state index in [1.165, 1.54) is 25.7 Å². The molecule has 0 saturated heterocycles. The molecule has 0 aliphatic heterocycles. The lowest BCUT2D eigenvalue weighted by atomic mass is 9.55. The molecule has 0 amide bonds. The van der Waals surface area contributed by atoms with E-state index >= 15 is 0 Å². The van der Waals surface area contributed by atoms with Gasteiger partial charge in [-0.25, -0.2) is 0 Å². The Hall–Kier alpha value is -0.660. The van der Waals surface area contributed by atoms with Gasteiger partial charge in [-0.05, 0) is 68.1 Å². The average Bonchev–Trinajstić information content (AvgIpc) is 2.66. The molecule has 4 aliphatic rings. The molecule has 4 aliphatic carbocycles. The maximum Gasteiger partial charge on any atom is 0.139 e. The molecule has 21 heavy (non-hydrogen) atoms. The van der Waals surface area contributed by atoms with E-state index in [4.69, 9.17) is 0 Å². The molecule has 0 aromatic carbocycles. The van der Waals surface area contributed by atoms with Gasteiger partial charge in [-0.1, -0.05) is 13.3 Å². The molecule has 0 aromatic heterocycles. The van der Waals surface area contributed by atoms with Gasteiger partial charge in [-0.3, -0.25) is 9.59 Å². The van der Waals surface area contributed by atoms with Crippen LogP contribution in [0.25, 0.3) is 0 Å². The lowest BCUT2D eigenvalue weighted by Gasteiger charge is -2.49. The lowest BCUT2D eigenvalue weighted by molar-refractivity contribution is -0.131. The molecule has 2 heteroatoms. The van der Waals surface area contributed by atoms with Crippen LogP contribution in [-0.4, -0.2) is 11.6 Å². The molecule has 0 bridgehead atoms. The molecule has 0 unspecified atom stereocenters. The Morgan fingerprint density at radius 1 is 0.905 bits per heavy atom.